The van der Waals surface area contributed by atoms with Crippen molar-refractivity contribution in [3.63, 3.8) is 0 Å². The summed E-state index contributed by atoms with van der Waals surface area (Å²) < 4.78 is 12.3. The average Bonchev–Trinajstić information content (AvgIpc) is 2.92. The monoisotopic (exact) mass is 604 g/mol. The van der Waals surface area contributed by atoms with Crippen molar-refractivity contribution >= 4 is 0 Å². The Labute approximate surface area is 259 Å². The molecule has 7 heteroatoms. The van der Waals surface area contributed by atoms with Gasteiger partial charge in [0.15, 0.2) is 6.29 Å². The molecule has 43 heavy (non-hydrogen) atoms. The molecule has 5 aliphatic carbocycles. The highest BCUT2D eigenvalue weighted by Crippen LogP contribution is 2.75. The first-order valence-corrected chi connectivity index (χ1v) is 17.2. The van der Waals surface area contributed by atoms with Crippen molar-refractivity contribution in [1.82, 2.24) is 0 Å². The second-order valence-electron chi connectivity index (χ2n) is 18.1. The molecule has 0 aromatic heterocycles. The molecule has 14 atom stereocenters. The van der Waals surface area contributed by atoms with E-state index in [-0.39, 0.29) is 39.3 Å². The Hall–Kier alpha value is -0.540. The summed E-state index contributed by atoms with van der Waals surface area (Å²) in [5.74, 6) is 1.33. The molecule has 0 aromatic carbocycles. The summed E-state index contributed by atoms with van der Waals surface area (Å²) in [5.41, 5.74) is 1.85. The van der Waals surface area contributed by atoms with Gasteiger partial charge in [0.1, 0.15) is 24.4 Å². The SMILES string of the molecule is CC1(C)CCC2(C)C(O)CC3(C)C(=CCC4C5(C)CCC(OC6OC(CO)C(O)C(O)C6O)C(C)(C)C5CCC43C)C2C1. The van der Waals surface area contributed by atoms with Crippen molar-refractivity contribution in [2.45, 2.75) is 156 Å². The summed E-state index contributed by atoms with van der Waals surface area (Å²) in [5, 5.41) is 52.9. The van der Waals surface area contributed by atoms with Gasteiger partial charge in [-0.3, -0.25) is 0 Å². The van der Waals surface area contributed by atoms with Gasteiger partial charge >= 0.3 is 0 Å². The zero-order valence-electron chi connectivity index (χ0n) is 28.0. The van der Waals surface area contributed by atoms with Crippen LogP contribution in [0.5, 0.6) is 0 Å². The minimum atomic E-state index is -1.44. The zero-order chi connectivity index (χ0) is 31.5. The lowest BCUT2D eigenvalue weighted by Crippen LogP contribution is -2.66. The van der Waals surface area contributed by atoms with E-state index >= 15 is 0 Å². The van der Waals surface area contributed by atoms with Gasteiger partial charge in [0.2, 0.25) is 0 Å². The second kappa shape index (κ2) is 10.2. The van der Waals surface area contributed by atoms with Crippen LogP contribution in [0.1, 0.15) is 113 Å². The summed E-state index contributed by atoms with van der Waals surface area (Å²) in [6.07, 6.45) is 5.28. The van der Waals surface area contributed by atoms with E-state index in [2.05, 4.69) is 61.5 Å². The fourth-order valence-corrected chi connectivity index (χ4v) is 12.1. The van der Waals surface area contributed by atoms with E-state index < -0.39 is 37.3 Å². The number of aliphatic hydroxyl groups is 5. The van der Waals surface area contributed by atoms with Gasteiger partial charge in [-0.2, -0.15) is 0 Å². The van der Waals surface area contributed by atoms with E-state index in [1.165, 1.54) is 6.42 Å². The van der Waals surface area contributed by atoms with Crippen LogP contribution in [-0.2, 0) is 9.47 Å². The van der Waals surface area contributed by atoms with Crippen LogP contribution in [0, 0.1) is 50.2 Å². The minimum Gasteiger partial charge on any atom is -0.394 e. The zero-order valence-corrected chi connectivity index (χ0v) is 28.0. The molecule has 5 N–H and O–H groups in total. The molecule has 246 valence electrons. The van der Waals surface area contributed by atoms with Gasteiger partial charge in [-0.15, -0.1) is 0 Å². The van der Waals surface area contributed by atoms with Crippen molar-refractivity contribution in [1.29, 1.82) is 0 Å². The Morgan fingerprint density at radius 3 is 2.16 bits per heavy atom. The van der Waals surface area contributed by atoms with Crippen molar-refractivity contribution in [3.8, 4) is 0 Å². The molecule has 7 nitrogen and oxygen atoms in total. The first kappa shape index (κ1) is 32.4. The van der Waals surface area contributed by atoms with Crippen LogP contribution in [0.3, 0.4) is 0 Å². The largest absolute Gasteiger partial charge is 0.394 e. The van der Waals surface area contributed by atoms with Crippen LogP contribution in [0.4, 0.5) is 0 Å². The number of rotatable bonds is 3. The highest BCUT2D eigenvalue weighted by molar-refractivity contribution is 5.34. The number of fused-ring (bicyclic) bond motifs is 7. The molecule has 0 bridgehead atoms. The summed E-state index contributed by atoms with van der Waals surface area (Å²) in [4.78, 5) is 0. The minimum absolute atomic E-state index is 0.0330. The first-order valence-electron chi connectivity index (χ1n) is 17.2. The normalized spacial score (nSPS) is 55.7. The maximum atomic E-state index is 11.9. The van der Waals surface area contributed by atoms with Gasteiger partial charge in [0, 0.05) is 5.41 Å². The van der Waals surface area contributed by atoms with E-state index in [1.54, 1.807) is 5.57 Å². The molecule has 6 aliphatic rings. The third-order valence-electron chi connectivity index (χ3n) is 15.2. The molecule has 0 radical (unpaired) electrons. The fraction of sp³-hybridized carbons (Fsp3) is 0.944. The smallest absolute Gasteiger partial charge is 0.186 e. The van der Waals surface area contributed by atoms with Gasteiger partial charge < -0.3 is 35.0 Å². The van der Waals surface area contributed by atoms with Crippen molar-refractivity contribution < 1.29 is 35.0 Å². The Morgan fingerprint density at radius 2 is 1.49 bits per heavy atom. The van der Waals surface area contributed by atoms with Crippen molar-refractivity contribution in [2.24, 2.45) is 50.2 Å². The molecule has 1 heterocycles. The lowest BCUT2D eigenvalue weighted by atomic mass is 9.33. The standard InChI is InChI=1S/C36H60O7/c1-31(2)15-16-33(5)21(17-31)20-9-10-24-34(6)13-12-26(43-30-29(41)28(40)27(39)22(19-37)42-30)32(3,4)23(34)11-14-35(24,7)36(20,8)18-25(33)38/h9,21-30,37-41H,10-19H2,1-8H3. The fourth-order valence-electron chi connectivity index (χ4n) is 12.1. The summed E-state index contributed by atoms with van der Waals surface area (Å²) in [6, 6.07) is 0. The Bertz CT molecular complexity index is 1120. The van der Waals surface area contributed by atoms with E-state index in [1.807, 2.05) is 0 Å². The average molecular weight is 605 g/mol. The highest BCUT2D eigenvalue weighted by atomic mass is 16.7. The van der Waals surface area contributed by atoms with Crippen LogP contribution in [0.15, 0.2) is 11.6 Å². The van der Waals surface area contributed by atoms with Crippen LogP contribution in [0.25, 0.3) is 0 Å². The molecule has 0 aromatic rings. The number of hydrogen-bond donors (Lipinski definition) is 5. The molecular formula is C36H60O7. The number of aliphatic hydroxyl groups excluding tert-OH is 5. The van der Waals surface area contributed by atoms with E-state index in [4.69, 9.17) is 9.47 Å². The van der Waals surface area contributed by atoms with Gasteiger partial charge in [-0.05, 0) is 103 Å². The van der Waals surface area contributed by atoms with Crippen LogP contribution in [-0.4, -0.2) is 75.1 Å². The van der Waals surface area contributed by atoms with Crippen LogP contribution >= 0.6 is 0 Å². The van der Waals surface area contributed by atoms with E-state index in [0.29, 0.717) is 23.2 Å². The van der Waals surface area contributed by atoms with Crippen LogP contribution < -0.4 is 0 Å². The topological polar surface area (TPSA) is 120 Å². The summed E-state index contributed by atoms with van der Waals surface area (Å²) in [7, 11) is 0. The van der Waals surface area contributed by atoms with E-state index in [0.717, 1.165) is 51.4 Å². The number of hydrogen-bond acceptors (Lipinski definition) is 7. The second-order valence-corrected chi connectivity index (χ2v) is 18.1. The molecule has 1 saturated heterocycles. The molecule has 4 saturated carbocycles. The predicted octanol–water partition coefficient (Wildman–Crippen LogP) is 4.96. The van der Waals surface area contributed by atoms with Gasteiger partial charge in [-0.25, -0.2) is 0 Å². The molecule has 6 rings (SSSR count). The maximum absolute atomic E-state index is 11.9. The first-order chi connectivity index (χ1) is 19.9. The van der Waals surface area contributed by atoms with E-state index in [9.17, 15) is 25.5 Å². The third kappa shape index (κ3) is 4.45. The Balaban J connectivity index is 1.29. The lowest BCUT2D eigenvalue weighted by molar-refractivity contribution is -0.330. The summed E-state index contributed by atoms with van der Waals surface area (Å²) >= 11 is 0. The molecule has 1 aliphatic heterocycles. The van der Waals surface area contributed by atoms with Gasteiger partial charge in [-0.1, -0.05) is 67.0 Å². The van der Waals surface area contributed by atoms with Crippen LogP contribution in [0.2, 0.25) is 0 Å². The Kier molecular flexibility index (Phi) is 7.71. The lowest BCUT2D eigenvalue weighted by Gasteiger charge is -2.72. The van der Waals surface area contributed by atoms with Crippen molar-refractivity contribution in [2.75, 3.05) is 6.61 Å². The summed E-state index contributed by atoms with van der Waals surface area (Å²) in [6.45, 7) is 18.9. The third-order valence-corrected chi connectivity index (χ3v) is 15.2. The van der Waals surface area contributed by atoms with Gasteiger partial charge in [0.05, 0.1) is 18.8 Å². The predicted molar refractivity (Wildman–Crippen MR) is 165 cm³/mol. The quantitative estimate of drug-likeness (QED) is 0.228. The van der Waals surface area contributed by atoms with Crippen molar-refractivity contribution in [3.05, 3.63) is 11.6 Å². The molecule has 0 amide bonds. The number of allylic oxidation sites excluding steroid dienone is 2. The molecule has 5 fully saturated rings. The van der Waals surface area contributed by atoms with Gasteiger partial charge in [0.25, 0.3) is 0 Å². The molecular weight excluding hydrogens is 544 g/mol. The maximum Gasteiger partial charge on any atom is 0.186 e. The Morgan fingerprint density at radius 1 is 0.791 bits per heavy atom. The highest BCUT2D eigenvalue weighted by Gasteiger charge is 2.69. The molecule has 0 spiro atoms. The number of ether oxygens (including phenoxy) is 2. The molecule has 14 unspecified atom stereocenters.